The Morgan fingerprint density at radius 2 is 1.50 bits per heavy atom. The van der Waals surface area contributed by atoms with Gasteiger partial charge in [0.2, 0.25) is 0 Å². The van der Waals surface area contributed by atoms with Crippen molar-refractivity contribution in [3.05, 3.63) is 108 Å². The Morgan fingerprint density at radius 3 is 2.31 bits per heavy atom. The van der Waals surface area contributed by atoms with E-state index in [4.69, 9.17) is 9.47 Å². The molecular formula is C25H21N5O2. The van der Waals surface area contributed by atoms with E-state index in [1.165, 1.54) is 0 Å². The van der Waals surface area contributed by atoms with Crippen LogP contribution >= 0.6 is 0 Å². The summed E-state index contributed by atoms with van der Waals surface area (Å²) in [5, 5.41) is 15.1. The van der Waals surface area contributed by atoms with Crippen LogP contribution in [0, 0.1) is 0 Å². The van der Waals surface area contributed by atoms with Crippen molar-refractivity contribution >= 4 is 10.9 Å². The van der Waals surface area contributed by atoms with E-state index in [2.05, 4.69) is 37.7 Å². The zero-order valence-corrected chi connectivity index (χ0v) is 17.3. The second kappa shape index (κ2) is 9.26. The fraction of sp³-hybridized carbons (Fsp3) is 0.120. The van der Waals surface area contributed by atoms with E-state index < -0.39 is 0 Å². The molecule has 1 N–H and O–H groups in total. The summed E-state index contributed by atoms with van der Waals surface area (Å²) in [6.45, 7) is 0.869. The quantitative estimate of drug-likeness (QED) is 0.396. The minimum Gasteiger partial charge on any atom is -0.489 e. The molecule has 5 aromatic rings. The third-order valence-corrected chi connectivity index (χ3v) is 5.03. The van der Waals surface area contributed by atoms with Crippen molar-refractivity contribution < 1.29 is 9.47 Å². The van der Waals surface area contributed by atoms with Gasteiger partial charge in [-0.1, -0.05) is 59.8 Å². The van der Waals surface area contributed by atoms with Gasteiger partial charge in [0.25, 0.3) is 0 Å². The Morgan fingerprint density at radius 1 is 0.719 bits per heavy atom. The molecule has 0 aliphatic carbocycles. The summed E-state index contributed by atoms with van der Waals surface area (Å²) in [4.78, 5) is 4.65. The first-order valence-corrected chi connectivity index (χ1v) is 10.3. The van der Waals surface area contributed by atoms with Crippen LogP contribution in [-0.4, -0.2) is 25.6 Å². The highest BCUT2D eigenvalue weighted by Crippen LogP contribution is 2.22. The van der Waals surface area contributed by atoms with Crippen molar-refractivity contribution in [1.29, 1.82) is 0 Å². The van der Waals surface area contributed by atoms with Crippen molar-refractivity contribution in [2.75, 3.05) is 0 Å². The van der Waals surface area contributed by atoms with E-state index in [1.54, 1.807) is 0 Å². The number of para-hydroxylation sites is 1. The molecule has 2 aromatic heterocycles. The van der Waals surface area contributed by atoms with Gasteiger partial charge in [-0.15, -0.1) is 10.2 Å². The number of rotatable bonds is 8. The molecular weight excluding hydrogens is 402 g/mol. The number of nitrogens with zero attached hydrogens (tertiary/aromatic N) is 4. The van der Waals surface area contributed by atoms with E-state index in [9.17, 15) is 0 Å². The number of hydrogen-bond acceptors (Lipinski definition) is 6. The van der Waals surface area contributed by atoms with E-state index in [1.807, 2.05) is 72.8 Å². The van der Waals surface area contributed by atoms with Crippen molar-refractivity contribution in [3.63, 3.8) is 0 Å². The predicted octanol–water partition coefficient (Wildman–Crippen LogP) is 4.50. The third-order valence-electron chi connectivity index (χ3n) is 5.03. The van der Waals surface area contributed by atoms with Gasteiger partial charge in [0.15, 0.2) is 5.82 Å². The topological polar surface area (TPSA) is 85.8 Å². The maximum atomic E-state index is 5.95. The number of H-pyrrole nitrogens is 1. The van der Waals surface area contributed by atoms with Crippen LogP contribution in [0.4, 0.5) is 0 Å². The number of fused-ring (bicyclic) bond motifs is 1. The first kappa shape index (κ1) is 19.7. The molecule has 0 amide bonds. The van der Waals surface area contributed by atoms with Gasteiger partial charge >= 0.3 is 0 Å². The number of hydrogen-bond donors (Lipinski definition) is 1. The Hall–Kier alpha value is -4.26. The lowest BCUT2D eigenvalue weighted by Gasteiger charge is -2.10. The second-order valence-electron chi connectivity index (χ2n) is 7.37. The van der Waals surface area contributed by atoms with Gasteiger partial charge in [0, 0.05) is 17.9 Å². The molecule has 0 fully saturated rings. The number of nitrogens with one attached hydrogen (secondary N) is 1. The highest BCUT2D eigenvalue weighted by molar-refractivity contribution is 5.78. The molecule has 0 aliphatic rings. The zero-order valence-electron chi connectivity index (χ0n) is 17.3. The lowest BCUT2D eigenvalue weighted by atomic mass is 10.1. The van der Waals surface area contributed by atoms with Crippen LogP contribution in [0.15, 0.2) is 84.9 Å². The summed E-state index contributed by atoms with van der Waals surface area (Å²) in [5.41, 5.74) is 4.05. The van der Waals surface area contributed by atoms with Gasteiger partial charge in [-0.2, -0.15) is 5.21 Å². The van der Waals surface area contributed by atoms with Crippen LogP contribution < -0.4 is 9.47 Å². The Balaban J connectivity index is 1.16. The highest BCUT2D eigenvalue weighted by Gasteiger charge is 2.04. The number of ether oxygens (including phenoxy) is 2. The second-order valence-corrected chi connectivity index (χ2v) is 7.37. The summed E-state index contributed by atoms with van der Waals surface area (Å²) in [5.74, 6) is 2.17. The minimum absolute atomic E-state index is 0.399. The number of pyridine rings is 1. The van der Waals surface area contributed by atoms with Crippen LogP contribution in [-0.2, 0) is 19.6 Å². The van der Waals surface area contributed by atoms with E-state index in [-0.39, 0.29) is 0 Å². The van der Waals surface area contributed by atoms with E-state index in [0.29, 0.717) is 25.5 Å². The Kier molecular flexibility index (Phi) is 5.70. The molecule has 158 valence electrons. The first-order valence-electron chi connectivity index (χ1n) is 10.3. The molecule has 0 unspecified atom stereocenters. The molecule has 3 aromatic carbocycles. The normalized spacial score (nSPS) is 10.9. The first-order chi connectivity index (χ1) is 15.8. The maximum Gasteiger partial charge on any atom is 0.178 e. The zero-order chi connectivity index (χ0) is 21.6. The molecule has 7 nitrogen and oxygen atoms in total. The molecule has 0 saturated carbocycles. The van der Waals surface area contributed by atoms with Crippen LogP contribution in [0.3, 0.4) is 0 Å². The molecule has 0 saturated heterocycles. The molecule has 0 bridgehead atoms. The summed E-state index contributed by atoms with van der Waals surface area (Å²) in [7, 11) is 0. The van der Waals surface area contributed by atoms with Gasteiger partial charge in [0.1, 0.15) is 24.7 Å². The van der Waals surface area contributed by atoms with Crippen molar-refractivity contribution in [2.45, 2.75) is 19.6 Å². The largest absolute Gasteiger partial charge is 0.489 e. The van der Waals surface area contributed by atoms with Crippen molar-refractivity contribution in [3.8, 4) is 11.5 Å². The van der Waals surface area contributed by atoms with Crippen LogP contribution in [0.2, 0.25) is 0 Å². The van der Waals surface area contributed by atoms with Crippen LogP contribution in [0.5, 0.6) is 11.5 Å². The van der Waals surface area contributed by atoms with Crippen molar-refractivity contribution in [2.24, 2.45) is 0 Å². The number of benzene rings is 3. The maximum absolute atomic E-state index is 5.95. The SMILES string of the molecule is c1cc(OCc2ccc(Cc3nn[nH]n3)cc2)cc(OCc2ccc3ccccc3n2)c1. The van der Waals surface area contributed by atoms with Gasteiger partial charge in [-0.25, -0.2) is 4.98 Å². The molecule has 32 heavy (non-hydrogen) atoms. The summed E-state index contributed by atoms with van der Waals surface area (Å²) < 4.78 is 11.9. The fourth-order valence-corrected chi connectivity index (χ4v) is 3.36. The van der Waals surface area contributed by atoms with E-state index >= 15 is 0 Å². The van der Waals surface area contributed by atoms with E-state index in [0.717, 1.165) is 39.2 Å². The fourth-order valence-electron chi connectivity index (χ4n) is 3.36. The molecule has 0 radical (unpaired) electrons. The number of tetrazole rings is 1. The van der Waals surface area contributed by atoms with Gasteiger partial charge in [0.05, 0.1) is 11.2 Å². The number of aromatic nitrogens is 5. The summed E-state index contributed by atoms with van der Waals surface area (Å²) >= 11 is 0. The van der Waals surface area contributed by atoms with Gasteiger partial charge in [-0.3, -0.25) is 0 Å². The number of aromatic amines is 1. The Labute approximate surface area is 185 Å². The predicted molar refractivity (Wildman–Crippen MR) is 120 cm³/mol. The molecule has 0 aliphatic heterocycles. The molecule has 2 heterocycles. The van der Waals surface area contributed by atoms with Crippen molar-refractivity contribution in [1.82, 2.24) is 25.6 Å². The minimum atomic E-state index is 0.399. The third kappa shape index (κ3) is 4.89. The molecule has 7 heteroatoms. The lowest BCUT2D eigenvalue weighted by molar-refractivity contribution is 0.288. The monoisotopic (exact) mass is 423 g/mol. The average Bonchev–Trinajstić information content (AvgIpc) is 3.35. The van der Waals surface area contributed by atoms with Gasteiger partial charge in [-0.05, 0) is 35.4 Å². The van der Waals surface area contributed by atoms with Gasteiger partial charge < -0.3 is 9.47 Å². The molecule has 0 atom stereocenters. The standard InChI is InChI=1S/C25H21N5O2/c1-2-7-24-20(4-1)12-13-21(26-24)17-32-23-6-3-5-22(15-23)31-16-19-10-8-18(9-11-19)14-25-27-29-30-28-25/h1-13,15H,14,16-17H2,(H,27,28,29,30). The van der Waals surface area contributed by atoms with Crippen LogP contribution in [0.1, 0.15) is 22.6 Å². The smallest absolute Gasteiger partial charge is 0.178 e. The summed E-state index contributed by atoms with van der Waals surface area (Å²) in [6, 6.07) is 27.9. The average molecular weight is 423 g/mol. The summed E-state index contributed by atoms with van der Waals surface area (Å²) in [6.07, 6.45) is 0.642. The molecule has 5 rings (SSSR count). The Bertz CT molecular complexity index is 1300. The van der Waals surface area contributed by atoms with Crippen LogP contribution in [0.25, 0.3) is 10.9 Å². The molecule has 0 spiro atoms. The lowest BCUT2D eigenvalue weighted by Crippen LogP contribution is -2.00. The highest BCUT2D eigenvalue weighted by atomic mass is 16.5.